The predicted octanol–water partition coefficient (Wildman–Crippen LogP) is -0.369. The van der Waals surface area contributed by atoms with Gasteiger partial charge >= 0.3 is 11.9 Å². The zero-order valence-corrected chi connectivity index (χ0v) is 20.7. The van der Waals surface area contributed by atoms with Crippen LogP contribution in [0.1, 0.15) is 17.5 Å². The summed E-state index contributed by atoms with van der Waals surface area (Å²) in [4.78, 5) is 64.5. The molecule has 206 valence electrons. The van der Waals surface area contributed by atoms with E-state index in [1.165, 1.54) is 24.3 Å². The van der Waals surface area contributed by atoms with Gasteiger partial charge in [0, 0.05) is 29.9 Å². The van der Waals surface area contributed by atoms with Crippen molar-refractivity contribution in [2.75, 3.05) is 6.54 Å². The van der Waals surface area contributed by atoms with Gasteiger partial charge in [-0.25, -0.2) is 4.79 Å². The number of phenolic OH excluding ortho intramolecular Hbond substituents is 1. The maximum atomic E-state index is 13.2. The second kappa shape index (κ2) is 13.1. The topological polar surface area (TPSA) is 224 Å². The number of hydrogen-bond donors (Lipinski definition) is 8. The number of rotatable bonds is 13. The Bertz CT molecular complexity index is 1350. The summed E-state index contributed by atoms with van der Waals surface area (Å²) in [7, 11) is 0. The molecule has 1 aromatic heterocycles. The van der Waals surface area contributed by atoms with Crippen LogP contribution in [-0.4, -0.2) is 74.6 Å². The molecule has 0 spiro atoms. The van der Waals surface area contributed by atoms with Gasteiger partial charge < -0.3 is 42.0 Å². The summed E-state index contributed by atoms with van der Waals surface area (Å²) in [6, 6.07) is 8.63. The van der Waals surface area contributed by atoms with Crippen molar-refractivity contribution in [1.29, 1.82) is 0 Å². The number of carboxylic acids is 2. The quantitative estimate of drug-likeness (QED) is 0.142. The van der Waals surface area contributed by atoms with E-state index in [-0.39, 0.29) is 18.6 Å². The Morgan fingerprint density at radius 2 is 1.46 bits per heavy atom. The van der Waals surface area contributed by atoms with Crippen LogP contribution in [0.25, 0.3) is 10.9 Å². The molecule has 13 heteroatoms. The summed E-state index contributed by atoms with van der Waals surface area (Å²) in [6.45, 7) is -0.408. The number of aromatic hydroxyl groups is 1. The summed E-state index contributed by atoms with van der Waals surface area (Å²) < 4.78 is 0. The second-order valence-electron chi connectivity index (χ2n) is 8.82. The molecule has 39 heavy (non-hydrogen) atoms. The van der Waals surface area contributed by atoms with Crippen molar-refractivity contribution in [2.24, 2.45) is 5.73 Å². The van der Waals surface area contributed by atoms with Gasteiger partial charge in [0.1, 0.15) is 23.9 Å². The third kappa shape index (κ3) is 8.04. The third-order valence-electron chi connectivity index (χ3n) is 5.94. The normalized spacial score (nSPS) is 13.2. The molecule has 0 bridgehead atoms. The first-order chi connectivity index (χ1) is 18.6. The predicted molar refractivity (Wildman–Crippen MR) is 139 cm³/mol. The molecule has 3 aromatic rings. The van der Waals surface area contributed by atoms with E-state index in [4.69, 9.17) is 5.73 Å². The molecule has 2 aromatic carbocycles. The Labute approximate surface area is 222 Å². The van der Waals surface area contributed by atoms with Crippen LogP contribution in [0.3, 0.4) is 0 Å². The van der Waals surface area contributed by atoms with Gasteiger partial charge in [0.2, 0.25) is 17.7 Å². The molecule has 0 fully saturated rings. The van der Waals surface area contributed by atoms with Gasteiger partial charge in [0.15, 0.2) is 0 Å². The van der Waals surface area contributed by atoms with Crippen LogP contribution in [0.2, 0.25) is 0 Å². The number of aromatic nitrogens is 1. The molecule has 3 atom stereocenters. The fourth-order valence-electron chi connectivity index (χ4n) is 3.98. The monoisotopic (exact) mass is 539 g/mol. The van der Waals surface area contributed by atoms with E-state index < -0.39 is 60.8 Å². The number of aromatic amines is 1. The Kier molecular flexibility index (Phi) is 9.59. The third-order valence-corrected chi connectivity index (χ3v) is 5.94. The smallest absolute Gasteiger partial charge is 0.326 e. The number of carbonyl (C=O) groups is 5. The first kappa shape index (κ1) is 28.7. The lowest BCUT2D eigenvalue weighted by Crippen LogP contribution is -2.57. The highest BCUT2D eigenvalue weighted by molar-refractivity contribution is 5.96. The Morgan fingerprint density at radius 3 is 2.10 bits per heavy atom. The maximum absolute atomic E-state index is 13.2. The number of carboxylic acid groups (broad SMARTS) is 2. The zero-order valence-electron chi connectivity index (χ0n) is 20.7. The van der Waals surface area contributed by atoms with Crippen molar-refractivity contribution in [3.63, 3.8) is 0 Å². The van der Waals surface area contributed by atoms with Crippen LogP contribution >= 0.6 is 0 Å². The molecule has 0 aliphatic rings. The van der Waals surface area contributed by atoms with E-state index in [0.29, 0.717) is 11.1 Å². The molecule has 0 saturated carbocycles. The van der Waals surface area contributed by atoms with E-state index in [2.05, 4.69) is 20.9 Å². The number of benzene rings is 2. The van der Waals surface area contributed by atoms with Crippen LogP contribution in [0.5, 0.6) is 5.75 Å². The standard InChI is InChI=1S/C26H29N5O8/c27-12-22(33)29-19(10-15-13-28-18-4-2-1-3-17(15)18)24(36)30-20(11-23(34)35)25(37)31-21(26(38)39)9-14-5-7-16(32)8-6-14/h1-8,13,19-21,28,32H,9-12,27H2,(H,29,33)(H,30,36)(H,31,37)(H,34,35)(H,38,39). The molecule has 0 aliphatic heterocycles. The van der Waals surface area contributed by atoms with Crippen LogP contribution < -0.4 is 21.7 Å². The highest BCUT2D eigenvalue weighted by atomic mass is 16.4. The first-order valence-electron chi connectivity index (χ1n) is 11.9. The number of nitrogens with one attached hydrogen (secondary N) is 4. The van der Waals surface area contributed by atoms with Gasteiger partial charge in [-0.3, -0.25) is 19.2 Å². The van der Waals surface area contributed by atoms with Gasteiger partial charge in [-0.2, -0.15) is 0 Å². The summed E-state index contributed by atoms with van der Waals surface area (Å²) >= 11 is 0. The molecular weight excluding hydrogens is 510 g/mol. The second-order valence-corrected chi connectivity index (χ2v) is 8.82. The van der Waals surface area contributed by atoms with E-state index in [1.54, 1.807) is 12.3 Å². The van der Waals surface area contributed by atoms with Crippen molar-refractivity contribution in [2.45, 2.75) is 37.4 Å². The van der Waals surface area contributed by atoms with Crippen molar-refractivity contribution >= 4 is 40.6 Å². The number of carbonyl (C=O) groups excluding carboxylic acids is 3. The molecule has 0 aliphatic carbocycles. The van der Waals surface area contributed by atoms with Crippen LogP contribution in [0, 0.1) is 0 Å². The molecule has 0 radical (unpaired) electrons. The van der Waals surface area contributed by atoms with Crippen LogP contribution in [0.4, 0.5) is 0 Å². The number of nitrogens with two attached hydrogens (primary N) is 1. The lowest BCUT2D eigenvalue weighted by molar-refractivity contribution is -0.143. The van der Waals surface area contributed by atoms with E-state index in [0.717, 1.165) is 10.9 Å². The summed E-state index contributed by atoms with van der Waals surface area (Å²) in [6.07, 6.45) is 0.669. The number of aliphatic carboxylic acids is 2. The number of H-pyrrole nitrogens is 1. The zero-order chi connectivity index (χ0) is 28.5. The minimum absolute atomic E-state index is 0.00159. The van der Waals surface area contributed by atoms with Crippen LogP contribution in [0.15, 0.2) is 54.7 Å². The SMILES string of the molecule is NCC(=O)NC(Cc1c[nH]c2ccccc12)C(=O)NC(CC(=O)O)C(=O)NC(Cc1ccc(O)cc1)C(=O)O. The van der Waals surface area contributed by atoms with E-state index >= 15 is 0 Å². The molecule has 0 saturated heterocycles. The lowest BCUT2D eigenvalue weighted by Gasteiger charge is -2.24. The lowest BCUT2D eigenvalue weighted by atomic mass is 10.0. The van der Waals surface area contributed by atoms with Crippen molar-refractivity contribution in [3.8, 4) is 5.75 Å². The highest BCUT2D eigenvalue weighted by Crippen LogP contribution is 2.19. The van der Waals surface area contributed by atoms with Crippen molar-refractivity contribution < 1.29 is 39.3 Å². The van der Waals surface area contributed by atoms with Gasteiger partial charge in [0.05, 0.1) is 13.0 Å². The fourth-order valence-corrected chi connectivity index (χ4v) is 3.98. The van der Waals surface area contributed by atoms with Gasteiger partial charge in [0.25, 0.3) is 0 Å². The minimum Gasteiger partial charge on any atom is -0.508 e. The summed E-state index contributed by atoms with van der Waals surface area (Å²) in [5.41, 5.74) is 7.36. The van der Waals surface area contributed by atoms with Gasteiger partial charge in [-0.15, -0.1) is 0 Å². The van der Waals surface area contributed by atoms with Gasteiger partial charge in [-0.05, 0) is 29.3 Å². The number of phenols is 1. The Hall–Kier alpha value is -4.91. The number of hydrogen-bond acceptors (Lipinski definition) is 7. The highest BCUT2D eigenvalue weighted by Gasteiger charge is 2.31. The molecule has 13 nitrogen and oxygen atoms in total. The average molecular weight is 540 g/mol. The molecule has 3 unspecified atom stereocenters. The summed E-state index contributed by atoms with van der Waals surface area (Å²) in [5, 5.41) is 36.2. The van der Waals surface area contributed by atoms with Crippen molar-refractivity contribution in [3.05, 3.63) is 65.9 Å². The van der Waals surface area contributed by atoms with E-state index in [9.17, 15) is 39.3 Å². The molecule has 9 N–H and O–H groups in total. The number of para-hydroxylation sites is 1. The summed E-state index contributed by atoms with van der Waals surface area (Å²) in [5.74, 6) is -5.36. The Morgan fingerprint density at radius 1 is 0.821 bits per heavy atom. The van der Waals surface area contributed by atoms with E-state index in [1.807, 2.05) is 18.2 Å². The molecule has 3 rings (SSSR count). The fraction of sp³-hybridized carbons (Fsp3) is 0.269. The average Bonchev–Trinajstić information content (AvgIpc) is 3.30. The molecular formula is C26H29N5O8. The van der Waals surface area contributed by atoms with Gasteiger partial charge in [-0.1, -0.05) is 30.3 Å². The Balaban J connectivity index is 1.78. The largest absolute Gasteiger partial charge is 0.508 e. The number of fused-ring (bicyclic) bond motifs is 1. The van der Waals surface area contributed by atoms with Crippen LogP contribution in [-0.2, 0) is 36.8 Å². The minimum atomic E-state index is -1.64. The molecule has 3 amide bonds. The van der Waals surface area contributed by atoms with Crippen molar-refractivity contribution in [1.82, 2.24) is 20.9 Å². The maximum Gasteiger partial charge on any atom is 0.326 e. The first-order valence-corrected chi connectivity index (χ1v) is 11.9. The molecule has 1 heterocycles. The number of amides is 3.